The molecule has 0 heterocycles. The molecule has 0 unspecified atom stereocenters. The van der Waals surface area contributed by atoms with Gasteiger partial charge in [-0.1, -0.05) is 0 Å². The SMILES string of the molecule is C[Si](C)(C)C1=[C]([Ti]([CH2]c2ccccc2)([CH2]c2ccccc2)([CH2]c2ccccc2)([C]2=C([Si](C)(C)C)C=CC2)([C]2=C([Si](C)(C)C)C=CC2)([C]2=C([Si](C)(C)C)C=CC2)[C]2=C([Si](C)(C)C)C=CC2)CC=C1. The van der Waals surface area contributed by atoms with E-state index in [-0.39, 0.29) is 0 Å². The maximum absolute atomic E-state index is 7.92. The van der Waals surface area contributed by atoms with Crippen molar-refractivity contribution in [2.24, 2.45) is 0 Å². The second kappa shape index (κ2) is 14.9. The van der Waals surface area contributed by atoms with Crippen molar-refractivity contribution in [3.05, 3.63) is 214 Å². The van der Waals surface area contributed by atoms with Crippen molar-refractivity contribution in [2.45, 2.75) is 144 Å². The number of hydrogen-bond donors (Lipinski definition) is 0. The average Bonchev–Trinajstić information content (AvgIpc) is 4.10. The van der Waals surface area contributed by atoms with Crippen molar-refractivity contribution < 1.29 is 11.5 Å². The summed E-state index contributed by atoms with van der Waals surface area (Å²) in [7, 11) is -11.0. The standard InChI is InChI=1S/5C8H13Si.3C7H7.Ti/c5*1-9(2,3)8-6-4-5-7-8;3*1-7-5-3-2-4-6-7;/h5*4,6H,5H2,1-3H3;3*2-6H,1H2;. The van der Waals surface area contributed by atoms with E-state index in [0.29, 0.717) is 0 Å². The van der Waals surface area contributed by atoms with E-state index >= 15 is 0 Å². The molecule has 0 saturated carbocycles. The van der Waals surface area contributed by atoms with E-state index in [2.05, 4.69) is 250 Å². The van der Waals surface area contributed by atoms with Gasteiger partial charge in [0.25, 0.3) is 0 Å². The Morgan fingerprint density at radius 2 is 0.463 bits per heavy atom. The topological polar surface area (TPSA) is 0 Å². The third kappa shape index (κ3) is 5.95. The first kappa shape index (κ1) is 50.3. The van der Waals surface area contributed by atoms with E-state index in [1.165, 1.54) is 16.7 Å². The number of allylic oxidation sites excluding steroid dienone is 20. The zero-order valence-electron chi connectivity index (χ0n) is 44.6. The Hall–Kier alpha value is -3.14. The molecule has 6 heteroatoms. The van der Waals surface area contributed by atoms with Crippen LogP contribution >= 0.6 is 0 Å². The molecule has 0 bridgehead atoms. The first-order valence-corrected chi connectivity index (χ1v) is 50.7. The van der Waals surface area contributed by atoms with Gasteiger partial charge in [-0.25, -0.2) is 0 Å². The molecular formula is C61H86Si5Ti. The number of rotatable bonds is 16. The molecule has 0 aromatic heterocycles. The summed E-state index contributed by atoms with van der Waals surface area (Å²) in [5.74, 6) is 0. The molecule has 5 aliphatic carbocycles. The summed E-state index contributed by atoms with van der Waals surface area (Å²) in [6.45, 7) is 40.8. The van der Waals surface area contributed by atoms with Crippen LogP contribution in [-0.4, -0.2) is 40.4 Å². The number of hydrogen-bond acceptors (Lipinski definition) is 0. The van der Waals surface area contributed by atoms with Crippen molar-refractivity contribution in [3.8, 4) is 0 Å². The van der Waals surface area contributed by atoms with E-state index in [0.717, 1.165) is 46.3 Å². The van der Waals surface area contributed by atoms with Gasteiger partial charge in [-0.05, 0) is 0 Å². The molecule has 0 spiro atoms. The Labute approximate surface area is 406 Å². The van der Waals surface area contributed by atoms with Gasteiger partial charge in [0.15, 0.2) is 0 Å². The fourth-order valence-electron chi connectivity index (χ4n) is 18.7. The molecule has 0 aliphatic heterocycles. The van der Waals surface area contributed by atoms with Gasteiger partial charge in [-0.2, -0.15) is 0 Å². The van der Waals surface area contributed by atoms with Crippen LogP contribution in [0.1, 0.15) is 48.8 Å². The molecule has 5 aliphatic rings. The Morgan fingerprint density at radius 1 is 0.284 bits per heavy atom. The minimum absolute atomic E-state index is 0.988. The molecule has 0 nitrogen and oxygen atoms in total. The predicted molar refractivity (Wildman–Crippen MR) is 311 cm³/mol. The van der Waals surface area contributed by atoms with Crippen LogP contribution in [0.3, 0.4) is 0 Å². The molecule has 0 radical (unpaired) electrons. The van der Waals surface area contributed by atoms with Gasteiger partial charge in [-0.3, -0.25) is 0 Å². The molecule has 67 heavy (non-hydrogen) atoms. The molecule has 0 atom stereocenters. The second-order valence-electron chi connectivity index (χ2n) is 28.4. The average molecular weight is 1010 g/mol. The van der Waals surface area contributed by atoms with Crippen LogP contribution in [0.5, 0.6) is 0 Å². The van der Waals surface area contributed by atoms with Crippen LogP contribution in [0.15, 0.2) is 197 Å². The summed E-state index contributed by atoms with van der Waals surface area (Å²) in [6, 6.07) is 37.1. The van der Waals surface area contributed by atoms with Crippen molar-refractivity contribution in [1.29, 1.82) is 0 Å². The summed E-state index contributed by atoms with van der Waals surface area (Å²) in [5.41, 5.74) is 4.57. The van der Waals surface area contributed by atoms with Crippen LogP contribution in [0.2, 0.25) is 98.2 Å². The quantitative estimate of drug-likeness (QED) is 0.125. The molecule has 3 aromatic rings. The predicted octanol–water partition coefficient (Wildman–Crippen LogP) is 18.3. The minimum atomic E-state index is -7.92. The third-order valence-electron chi connectivity index (χ3n) is 20.1. The normalized spacial score (nSPS) is 20.8. The van der Waals surface area contributed by atoms with Gasteiger partial charge in [0.2, 0.25) is 0 Å². The zero-order chi connectivity index (χ0) is 48.7. The molecule has 3 aromatic carbocycles. The monoisotopic (exact) mass is 1010 g/mol. The first-order chi connectivity index (χ1) is 31.1. The fourth-order valence-corrected chi connectivity index (χ4v) is 82.9. The van der Waals surface area contributed by atoms with Gasteiger partial charge in [-0.15, -0.1) is 0 Å². The van der Waals surface area contributed by atoms with Crippen LogP contribution in [0, 0.1) is 0 Å². The van der Waals surface area contributed by atoms with Crippen molar-refractivity contribution in [2.75, 3.05) is 0 Å². The van der Waals surface area contributed by atoms with Crippen LogP contribution in [-0.2, 0) is 25.6 Å². The molecular weight excluding hydrogens is 921 g/mol. The van der Waals surface area contributed by atoms with E-state index in [9.17, 15) is 0 Å². The van der Waals surface area contributed by atoms with Crippen LogP contribution in [0.25, 0.3) is 0 Å². The Kier molecular flexibility index (Phi) is 11.2. The second-order valence-corrected chi connectivity index (χ2v) is 74.5. The summed E-state index contributed by atoms with van der Waals surface area (Å²) < 4.78 is 12.6. The fraction of sp³-hybridized carbons (Fsp3) is 0.377. The molecule has 0 N–H and O–H groups in total. The zero-order valence-corrected chi connectivity index (χ0v) is 51.2. The summed E-state index contributed by atoms with van der Waals surface area (Å²) in [6.07, 6.45) is 32.4. The Balaban J connectivity index is 2.14. The van der Waals surface area contributed by atoms with Crippen molar-refractivity contribution >= 4 is 40.4 Å². The summed E-state index contributed by atoms with van der Waals surface area (Å²) in [4.78, 5) is 0. The molecule has 0 saturated heterocycles. The Bertz CT molecular complexity index is 2480. The maximum atomic E-state index is 2.77. The van der Waals surface area contributed by atoms with E-state index < -0.39 is 51.8 Å². The van der Waals surface area contributed by atoms with Gasteiger partial charge in [0, 0.05) is 0 Å². The molecule has 0 amide bonds. The summed E-state index contributed by atoms with van der Waals surface area (Å²) in [5, 5.41) is 8.76. The van der Waals surface area contributed by atoms with E-state index in [1.54, 1.807) is 26.0 Å². The number of benzene rings is 3. The third-order valence-corrected chi connectivity index (χ3v) is 64.0. The van der Waals surface area contributed by atoms with Gasteiger partial charge < -0.3 is 0 Å². The van der Waals surface area contributed by atoms with Crippen LogP contribution < -0.4 is 0 Å². The van der Waals surface area contributed by atoms with E-state index in [1.807, 2.05) is 19.4 Å². The van der Waals surface area contributed by atoms with Crippen molar-refractivity contribution in [1.82, 2.24) is 0 Å². The van der Waals surface area contributed by atoms with Gasteiger partial charge >= 0.3 is 410 Å². The molecule has 8 rings (SSSR count). The Morgan fingerprint density at radius 3 is 0.627 bits per heavy atom. The molecule has 354 valence electrons. The first-order valence-electron chi connectivity index (χ1n) is 26.0. The van der Waals surface area contributed by atoms with Crippen molar-refractivity contribution in [3.63, 3.8) is 0 Å². The van der Waals surface area contributed by atoms with Crippen LogP contribution in [0.4, 0.5) is 0 Å². The van der Waals surface area contributed by atoms with Gasteiger partial charge in [0.05, 0.1) is 0 Å². The van der Waals surface area contributed by atoms with Gasteiger partial charge in [0.1, 0.15) is 0 Å². The van der Waals surface area contributed by atoms with E-state index in [4.69, 9.17) is 0 Å². The summed E-state index contributed by atoms with van der Waals surface area (Å²) >= 11 is -7.92. The molecule has 0 fully saturated rings.